The predicted molar refractivity (Wildman–Crippen MR) is 104 cm³/mol. The molecule has 0 amide bonds. The Bertz CT molecular complexity index is 952. The second-order valence-corrected chi connectivity index (χ2v) is 6.69. The van der Waals surface area contributed by atoms with Crippen LogP contribution in [0.15, 0.2) is 17.1 Å². The van der Waals surface area contributed by atoms with E-state index in [2.05, 4.69) is 5.32 Å². The fourth-order valence-corrected chi connectivity index (χ4v) is 3.61. The molecular formula is C18H22CaFN3O4. The van der Waals surface area contributed by atoms with Crippen LogP contribution in [-0.4, -0.2) is 86.7 Å². The Labute approximate surface area is 185 Å². The van der Waals surface area contributed by atoms with Crippen molar-refractivity contribution in [3.8, 4) is 5.75 Å². The summed E-state index contributed by atoms with van der Waals surface area (Å²) >= 11 is 0. The number of carboxylic acid groups (broad SMARTS) is 1. The van der Waals surface area contributed by atoms with Gasteiger partial charge in [-0.2, -0.15) is 0 Å². The van der Waals surface area contributed by atoms with Gasteiger partial charge in [0, 0.05) is 38.4 Å². The van der Waals surface area contributed by atoms with Gasteiger partial charge in [-0.15, -0.1) is 0 Å². The molecule has 2 aromatic rings. The van der Waals surface area contributed by atoms with Gasteiger partial charge in [0.15, 0.2) is 11.6 Å². The summed E-state index contributed by atoms with van der Waals surface area (Å²) in [6, 6.07) is 1.26. The molecule has 7 nitrogen and oxygen atoms in total. The summed E-state index contributed by atoms with van der Waals surface area (Å²) in [6.07, 6.45) is 3.15. The molecular weight excluding hydrogens is 381 g/mol. The first-order valence-corrected chi connectivity index (χ1v) is 8.67. The number of anilines is 1. The van der Waals surface area contributed by atoms with Crippen molar-refractivity contribution in [2.24, 2.45) is 0 Å². The van der Waals surface area contributed by atoms with Crippen LogP contribution in [0.4, 0.5) is 10.1 Å². The molecule has 4 rings (SSSR count). The van der Waals surface area contributed by atoms with Crippen molar-refractivity contribution in [1.29, 1.82) is 0 Å². The average Bonchev–Trinajstić information content (AvgIpc) is 3.47. The van der Waals surface area contributed by atoms with Crippen LogP contribution in [0.3, 0.4) is 0 Å². The maximum absolute atomic E-state index is 15.0. The summed E-state index contributed by atoms with van der Waals surface area (Å²) in [4.78, 5) is 26.0. The topological polar surface area (TPSA) is 83.8 Å². The Morgan fingerprint density at radius 2 is 2.00 bits per heavy atom. The van der Waals surface area contributed by atoms with E-state index >= 15 is 0 Å². The molecule has 9 heteroatoms. The number of fused-ring (bicyclic) bond motifs is 1. The number of rotatable bonds is 4. The predicted octanol–water partition coefficient (Wildman–Crippen LogP) is 0.676. The van der Waals surface area contributed by atoms with E-state index in [1.165, 1.54) is 13.3 Å². The van der Waals surface area contributed by atoms with E-state index < -0.39 is 17.2 Å². The number of aromatic carboxylic acids is 1. The fraction of sp³-hybridized carbons (Fsp3) is 0.444. The number of halogens is 1. The number of carbonyl (C=O) groups is 1. The molecule has 0 bridgehead atoms. The average molecular weight is 403 g/mol. The van der Waals surface area contributed by atoms with Crippen LogP contribution < -0.4 is 20.4 Å². The quantitative estimate of drug-likeness (QED) is 0.731. The third-order valence-electron chi connectivity index (χ3n) is 5.01. The van der Waals surface area contributed by atoms with Gasteiger partial charge in [-0.05, 0) is 18.9 Å². The van der Waals surface area contributed by atoms with E-state index in [4.69, 9.17) is 4.74 Å². The number of carboxylic acids is 1. The van der Waals surface area contributed by atoms with E-state index in [-0.39, 0.29) is 54.7 Å². The van der Waals surface area contributed by atoms with E-state index in [1.807, 2.05) is 4.90 Å². The van der Waals surface area contributed by atoms with Gasteiger partial charge in [0.2, 0.25) is 5.43 Å². The molecule has 2 N–H and O–H groups in total. The molecule has 1 saturated heterocycles. The van der Waals surface area contributed by atoms with Crippen molar-refractivity contribution < 1.29 is 19.0 Å². The van der Waals surface area contributed by atoms with Crippen molar-refractivity contribution in [2.45, 2.75) is 18.9 Å². The minimum absolute atomic E-state index is 0. The number of piperazine rings is 1. The minimum atomic E-state index is -1.31. The summed E-state index contributed by atoms with van der Waals surface area (Å²) in [5.74, 6) is -1.59. The number of methoxy groups -OCH3 is 1. The summed E-state index contributed by atoms with van der Waals surface area (Å²) < 4.78 is 22.3. The second-order valence-electron chi connectivity index (χ2n) is 6.69. The maximum atomic E-state index is 15.0. The van der Waals surface area contributed by atoms with Gasteiger partial charge >= 0.3 is 43.7 Å². The van der Waals surface area contributed by atoms with Gasteiger partial charge in [-0.3, -0.25) is 4.79 Å². The molecule has 1 aliphatic carbocycles. The van der Waals surface area contributed by atoms with E-state index in [9.17, 15) is 19.1 Å². The Morgan fingerprint density at radius 3 is 2.56 bits per heavy atom. The number of benzene rings is 1. The van der Waals surface area contributed by atoms with Gasteiger partial charge in [0.05, 0.1) is 18.0 Å². The first-order valence-electron chi connectivity index (χ1n) is 8.67. The van der Waals surface area contributed by atoms with E-state index in [1.54, 1.807) is 4.57 Å². The number of ether oxygens (including phenoxy) is 1. The van der Waals surface area contributed by atoms with Gasteiger partial charge in [-0.1, -0.05) is 0 Å². The van der Waals surface area contributed by atoms with Crippen molar-refractivity contribution >= 4 is 60.3 Å². The molecule has 142 valence electrons. The van der Waals surface area contributed by atoms with Gasteiger partial charge < -0.3 is 24.6 Å². The van der Waals surface area contributed by atoms with Crippen molar-refractivity contribution in [1.82, 2.24) is 9.88 Å². The third kappa shape index (κ3) is 3.55. The van der Waals surface area contributed by atoms with Crippen LogP contribution in [0.1, 0.15) is 29.2 Å². The van der Waals surface area contributed by atoms with Crippen LogP contribution in [0.5, 0.6) is 5.75 Å². The molecule has 1 aromatic heterocycles. The molecule has 2 aliphatic rings. The fourth-order valence-electron chi connectivity index (χ4n) is 3.61. The Morgan fingerprint density at radius 1 is 1.33 bits per heavy atom. The molecule has 0 atom stereocenters. The summed E-state index contributed by atoms with van der Waals surface area (Å²) in [5.41, 5.74) is -0.229. The summed E-state index contributed by atoms with van der Waals surface area (Å²) in [6.45, 7) is 2.71. The zero-order valence-electron chi connectivity index (χ0n) is 14.4. The van der Waals surface area contributed by atoms with Crippen molar-refractivity contribution in [3.05, 3.63) is 33.9 Å². The molecule has 2 heterocycles. The standard InChI is InChI=1S/C18H20FN3O4.Ca.2H/c1-26-17-14-11(8-13(19)15(17)21-6-4-20-5-7-21)16(23)12(18(24)25)9-22(14)10-2-3-10;;;/h8-10,20H,2-7H2,1H3,(H,24,25);;;. The summed E-state index contributed by atoms with van der Waals surface area (Å²) in [7, 11) is 1.45. The van der Waals surface area contributed by atoms with Gasteiger partial charge in [0.25, 0.3) is 0 Å². The SMILES string of the molecule is COc1c(N2CCNCC2)c(F)cc2c(=O)c(C(=O)O)cn(C3CC3)c12.[CaH2]. The third-order valence-corrected chi connectivity index (χ3v) is 5.01. The number of pyridine rings is 1. The van der Waals surface area contributed by atoms with Crippen molar-refractivity contribution in [3.63, 3.8) is 0 Å². The Kier molecular flexibility index (Phi) is 6.00. The molecule has 0 unspecified atom stereocenters. The first kappa shape index (κ1) is 20.4. The molecule has 2 fully saturated rings. The van der Waals surface area contributed by atoms with E-state index in [0.717, 1.165) is 32.0 Å². The van der Waals surface area contributed by atoms with Crippen LogP contribution in [0.2, 0.25) is 0 Å². The molecule has 0 spiro atoms. The zero-order valence-corrected chi connectivity index (χ0v) is 14.4. The number of hydrogen-bond donors (Lipinski definition) is 2. The number of nitrogens with zero attached hydrogens (tertiary/aromatic N) is 2. The molecule has 0 radical (unpaired) electrons. The summed E-state index contributed by atoms with van der Waals surface area (Å²) in [5, 5.41) is 12.6. The molecule has 1 saturated carbocycles. The monoisotopic (exact) mass is 403 g/mol. The second kappa shape index (κ2) is 7.95. The molecule has 27 heavy (non-hydrogen) atoms. The van der Waals surface area contributed by atoms with Crippen LogP contribution in [-0.2, 0) is 0 Å². The number of aromatic nitrogens is 1. The van der Waals surface area contributed by atoms with E-state index in [0.29, 0.717) is 30.0 Å². The molecule has 1 aliphatic heterocycles. The van der Waals surface area contributed by atoms with Crippen LogP contribution >= 0.6 is 0 Å². The Hall–Kier alpha value is -1.35. The first-order chi connectivity index (χ1) is 12.5. The Balaban J connectivity index is 0.00000210. The van der Waals surface area contributed by atoms with Gasteiger partial charge in [0.1, 0.15) is 11.3 Å². The number of nitrogens with one attached hydrogen (secondary N) is 1. The van der Waals surface area contributed by atoms with Crippen LogP contribution in [0, 0.1) is 5.82 Å². The zero-order chi connectivity index (χ0) is 18.4. The van der Waals surface area contributed by atoms with Crippen LogP contribution in [0.25, 0.3) is 10.9 Å². The van der Waals surface area contributed by atoms with Gasteiger partial charge in [-0.25, -0.2) is 9.18 Å². The number of hydrogen-bond acceptors (Lipinski definition) is 5. The van der Waals surface area contributed by atoms with Crippen molar-refractivity contribution in [2.75, 3.05) is 38.2 Å². The molecule has 1 aromatic carbocycles. The normalized spacial score (nSPS) is 16.9.